The molecule has 0 heterocycles. The zero-order chi connectivity index (χ0) is 13.9. The van der Waals surface area contributed by atoms with E-state index in [2.05, 4.69) is 6.92 Å². The Bertz CT molecular complexity index is 681. The van der Waals surface area contributed by atoms with Gasteiger partial charge in [0.2, 0.25) is 0 Å². The molecule has 0 N–H and O–H groups in total. The van der Waals surface area contributed by atoms with Gasteiger partial charge in [0.1, 0.15) is 10.1 Å². The topological polar surface area (TPSA) is 57.2 Å². The van der Waals surface area contributed by atoms with Gasteiger partial charge in [-0.2, -0.15) is 0 Å². The minimum absolute atomic E-state index is 0. The summed E-state index contributed by atoms with van der Waals surface area (Å²) in [6, 6.07) is 10.8. The van der Waals surface area contributed by atoms with E-state index in [0.717, 1.165) is 24.6 Å². The summed E-state index contributed by atoms with van der Waals surface area (Å²) in [5, 5.41) is 1.32. The monoisotopic (exact) mass is 316 g/mol. The van der Waals surface area contributed by atoms with Crippen LogP contribution in [0.2, 0.25) is 0 Å². The van der Waals surface area contributed by atoms with Crippen molar-refractivity contribution < 1.29 is 64.4 Å². The van der Waals surface area contributed by atoms with Crippen molar-refractivity contribution in [2.75, 3.05) is 0 Å². The van der Waals surface area contributed by atoms with Gasteiger partial charge in [0, 0.05) is 0 Å². The Morgan fingerprint density at radius 2 is 1.75 bits per heavy atom. The maximum atomic E-state index is 11.5. The number of aryl methyl sites for hydroxylation is 1. The van der Waals surface area contributed by atoms with Gasteiger partial charge in [0.15, 0.2) is 0 Å². The quantitative estimate of drug-likeness (QED) is 0.458. The Balaban J connectivity index is 0.00000200. The summed E-state index contributed by atoms with van der Waals surface area (Å²) in [7, 11) is -4.45. The van der Waals surface area contributed by atoms with Crippen molar-refractivity contribution in [2.45, 2.75) is 37.5 Å². The summed E-state index contributed by atoms with van der Waals surface area (Å²) in [5.74, 6) is 0. The zero-order valence-corrected chi connectivity index (χ0v) is 15.9. The van der Waals surface area contributed by atoms with Gasteiger partial charge < -0.3 is 4.55 Å². The smallest absolute Gasteiger partial charge is 0.744 e. The first-order valence-electron chi connectivity index (χ1n) is 6.50. The molecule has 0 saturated carbocycles. The van der Waals surface area contributed by atoms with Gasteiger partial charge in [-0.25, -0.2) is 8.42 Å². The van der Waals surface area contributed by atoms with Crippen LogP contribution < -0.4 is 51.4 Å². The molecule has 20 heavy (non-hydrogen) atoms. The molecule has 0 amide bonds. The van der Waals surface area contributed by atoms with Crippen molar-refractivity contribution in [1.82, 2.24) is 0 Å². The molecule has 0 spiro atoms. The van der Waals surface area contributed by atoms with Crippen LogP contribution in [0.25, 0.3) is 10.8 Å². The van der Waals surface area contributed by atoms with Crippen LogP contribution in [0.15, 0.2) is 41.3 Å². The molecule has 0 saturated heterocycles. The third-order valence-electron chi connectivity index (χ3n) is 3.26. The average Bonchev–Trinajstić information content (AvgIpc) is 2.37. The molecule has 0 radical (unpaired) electrons. The third-order valence-corrected chi connectivity index (χ3v) is 4.24. The first-order chi connectivity index (χ1) is 9.04. The van der Waals surface area contributed by atoms with E-state index in [4.69, 9.17) is 0 Å². The molecule has 2 aromatic carbocycles. The minimum atomic E-state index is -4.45. The van der Waals surface area contributed by atoms with E-state index in [0.29, 0.717) is 17.4 Å². The maximum absolute atomic E-state index is 11.5. The van der Waals surface area contributed by atoms with E-state index in [9.17, 15) is 13.0 Å². The van der Waals surface area contributed by atoms with Crippen LogP contribution in [0.1, 0.15) is 31.7 Å². The van der Waals surface area contributed by atoms with Crippen molar-refractivity contribution >= 4 is 20.9 Å². The fourth-order valence-corrected chi connectivity index (χ4v) is 3.29. The van der Waals surface area contributed by atoms with Gasteiger partial charge >= 0.3 is 51.4 Å². The molecule has 0 unspecified atom stereocenters. The second-order valence-electron chi connectivity index (χ2n) is 4.69. The SMILES string of the molecule is CCCCCc1ccc2ccccc2c1S(=O)(=O)[O-].[K+]. The molecule has 0 aliphatic rings. The van der Waals surface area contributed by atoms with Gasteiger partial charge in [-0.1, -0.05) is 56.2 Å². The summed E-state index contributed by atoms with van der Waals surface area (Å²) in [6.07, 6.45) is 3.63. The van der Waals surface area contributed by atoms with Crippen molar-refractivity contribution in [3.63, 3.8) is 0 Å². The van der Waals surface area contributed by atoms with Gasteiger partial charge in [-0.15, -0.1) is 0 Å². The normalized spacial score (nSPS) is 11.3. The van der Waals surface area contributed by atoms with Crippen molar-refractivity contribution in [3.8, 4) is 0 Å². The fourth-order valence-electron chi connectivity index (χ4n) is 2.35. The number of benzene rings is 2. The second kappa shape index (κ2) is 8.03. The summed E-state index contributed by atoms with van der Waals surface area (Å²) in [4.78, 5) is -0.0401. The van der Waals surface area contributed by atoms with Crippen molar-refractivity contribution in [1.29, 1.82) is 0 Å². The van der Waals surface area contributed by atoms with Crippen molar-refractivity contribution in [2.24, 2.45) is 0 Å². The van der Waals surface area contributed by atoms with Crippen molar-refractivity contribution in [3.05, 3.63) is 42.0 Å². The van der Waals surface area contributed by atoms with Crippen LogP contribution in [-0.4, -0.2) is 13.0 Å². The maximum Gasteiger partial charge on any atom is 1.00 e. The summed E-state index contributed by atoms with van der Waals surface area (Å²) < 4.78 is 34.6. The minimum Gasteiger partial charge on any atom is -0.744 e. The Kier molecular flexibility index (Phi) is 7.35. The fraction of sp³-hybridized carbons (Fsp3) is 0.333. The van der Waals surface area contributed by atoms with E-state index >= 15 is 0 Å². The molecule has 0 fully saturated rings. The van der Waals surface area contributed by atoms with E-state index in [1.165, 1.54) is 0 Å². The molecule has 0 atom stereocenters. The van der Waals surface area contributed by atoms with Crippen LogP contribution in [-0.2, 0) is 16.5 Å². The molecule has 0 bridgehead atoms. The van der Waals surface area contributed by atoms with Gasteiger partial charge in [-0.05, 0) is 29.2 Å². The largest absolute Gasteiger partial charge is 1.00 e. The predicted octanol–water partition coefficient (Wildman–Crippen LogP) is 0.481. The first-order valence-corrected chi connectivity index (χ1v) is 7.91. The summed E-state index contributed by atoms with van der Waals surface area (Å²) in [6.45, 7) is 2.09. The Hall–Kier alpha value is 0.246. The number of fused-ring (bicyclic) bond motifs is 1. The van der Waals surface area contributed by atoms with Crippen LogP contribution >= 0.6 is 0 Å². The molecule has 2 aromatic rings. The van der Waals surface area contributed by atoms with Crippen LogP contribution in [0.5, 0.6) is 0 Å². The van der Waals surface area contributed by atoms with Gasteiger partial charge in [0.05, 0.1) is 4.90 Å². The van der Waals surface area contributed by atoms with Gasteiger partial charge in [0.25, 0.3) is 0 Å². The van der Waals surface area contributed by atoms with E-state index in [1.54, 1.807) is 18.2 Å². The van der Waals surface area contributed by atoms with Crippen LogP contribution in [0, 0.1) is 0 Å². The number of hydrogen-bond donors (Lipinski definition) is 0. The summed E-state index contributed by atoms with van der Waals surface area (Å²) >= 11 is 0. The number of rotatable bonds is 5. The van der Waals surface area contributed by atoms with E-state index in [-0.39, 0.29) is 56.3 Å². The first kappa shape index (κ1) is 18.3. The molecule has 0 aliphatic heterocycles. The molecule has 3 nitrogen and oxygen atoms in total. The number of hydrogen-bond acceptors (Lipinski definition) is 3. The Morgan fingerprint density at radius 1 is 1.05 bits per heavy atom. The molecular formula is C15H17KO3S. The van der Waals surface area contributed by atoms with E-state index in [1.807, 2.05) is 18.2 Å². The predicted molar refractivity (Wildman–Crippen MR) is 75.1 cm³/mol. The molecular weight excluding hydrogens is 299 g/mol. The van der Waals surface area contributed by atoms with Gasteiger partial charge in [-0.3, -0.25) is 0 Å². The third kappa shape index (κ3) is 4.37. The Labute approximate surface area is 162 Å². The second-order valence-corrected chi connectivity index (χ2v) is 6.00. The average molecular weight is 316 g/mol. The molecule has 5 heteroatoms. The molecule has 102 valence electrons. The molecule has 0 aromatic heterocycles. The standard InChI is InChI=1S/C15H18O3S.K/c1-2-3-4-8-13-11-10-12-7-5-6-9-14(12)15(13)19(16,17)18;/h5-7,9-11H,2-4,8H2,1H3,(H,16,17,18);/q;+1/p-1. The Morgan fingerprint density at radius 3 is 2.40 bits per heavy atom. The summed E-state index contributed by atoms with van der Waals surface area (Å²) in [5.41, 5.74) is 0.641. The van der Waals surface area contributed by atoms with E-state index < -0.39 is 10.1 Å². The zero-order valence-electron chi connectivity index (χ0n) is 11.9. The van der Waals surface area contributed by atoms with Crippen LogP contribution in [0.4, 0.5) is 0 Å². The molecule has 2 rings (SSSR count). The molecule has 0 aliphatic carbocycles. The number of unbranched alkanes of at least 4 members (excludes halogenated alkanes) is 2. The van der Waals surface area contributed by atoms with Crippen LogP contribution in [0.3, 0.4) is 0 Å².